The van der Waals surface area contributed by atoms with Crippen molar-refractivity contribution in [2.75, 3.05) is 18.5 Å². The topological polar surface area (TPSA) is 69.6 Å². The van der Waals surface area contributed by atoms with Gasteiger partial charge in [-0.05, 0) is 19.1 Å². The number of para-hydroxylation sites is 1. The molecule has 0 saturated carbocycles. The van der Waals surface area contributed by atoms with Crippen molar-refractivity contribution in [3.8, 4) is 0 Å². The number of anilines is 1. The van der Waals surface area contributed by atoms with Gasteiger partial charge < -0.3 is 15.5 Å². The van der Waals surface area contributed by atoms with Crippen LogP contribution in [0.3, 0.4) is 0 Å². The first kappa shape index (κ1) is 12.3. The van der Waals surface area contributed by atoms with E-state index >= 15 is 0 Å². The molecule has 0 aliphatic rings. The predicted octanol–water partition coefficient (Wildman–Crippen LogP) is 1.74. The second-order valence-electron chi connectivity index (χ2n) is 3.44. The Morgan fingerprint density at radius 2 is 2.12 bits per heavy atom. The molecule has 0 spiro atoms. The number of aliphatic hydroxyl groups excluding tert-OH is 1. The van der Waals surface area contributed by atoms with Crippen molar-refractivity contribution in [1.82, 2.24) is 0 Å². The van der Waals surface area contributed by atoms with E-state index in [2.05, 4.69) is 5.32 Å². The maximum Gasteiger partial charge on any atom is 0.337 e. The zero-order valence-corrected chi connectivity index (χ0v) is 9.10. The van der Waals surface area contributed by atoms with Gasteiger partial charge in [0.15, 0.2) is 0 Å². The molecule has 1 aromatic carbocycles. The van der Waals surface area contributed by atoms with Gasteiger partial charge >= 0.3 is 5.97 Å². The van der Waals surface area contributed by atoms with E-state index in [4.69, 9.17) is 10.2 Å². The van der Waals surface area contributed by atoms with Gasteiger partial charge in [0.25, 0.3) is 0 Å². The first-order valence-corrected chi connectivity index (χ1v) is 4.98. The number of nitrogens with one attached hydrogen (secondary N) is 1. The standard InChI is InChI=1S/C12H15NO3/c1-9(6-7-14)8-13-11-5-3-2-4-10(11)12(15)16/h2-6,13-14H,7-8H2,1H3,(H,15,16)/b9-6+. The Hall–Kier alpha value is -1.81. The summed E-state index contributed by atoms with van der Waals surface area (Å²) in [5, 5.41) is 20.6. The molecular formula is C12H15NO3. The number of hydrogen-bond donors (Lipinski definition) is 3. The molecule has 0 aromatic heterocycles. The molecule has 3 N–H and O–H groups in total. The van der Waals surface area contributed by atoms with Crippen LogP contribution in [0.25, 0.3) is 0 Å². The highest BCUT2D eigenvalue weighted by Crippen LogP contribution is 2.15. The average molecular weight is 221 g/mol. The molecule has 16 heavy (non-hydrogen) atoms. The molecule has 4 heteroatoms. The maximum atomic E-state index is 10.9. The summed E-state index contributed by atoms with van der Waals surface area (Å²) in [6.07, 6.45) is 1.68. The van der Waals surface area contributed by atoms with Crippen molar-refractivity contribution in [1.29, 1.82) is 0 Å². The number of carboxylic acids is 1. The first-order chi connectivity index (χ1) is 7.65. The molecule has 0 amide bonds. The van der Waals surface area contributed by atoms with Crippen molar-refractivity contribution in [2.24, 2.45) is 0 Å². The Balaban J connectivity index is 2.74. The van der Waals surface area contributed by atoms with Gasteiger partial charge in [-0.3, -0.25) is 0 Å². The van der Waals surface area contributed by atoms with Crippen LogP contribution in [0, 0.1) is 0 Å². The van der Waals surface area contributed by atoms with Crippen molar-refractivity contribution < 1.29 is 15.0 Å². The molecular weight excluding hydrogens is 206 g/mol. The summed E-state index contributed by atoms with van der Waals surface area (Å²) in [7, 11) is 0. The molecule has 86 valence electrons. The van der Waals surface area contributed by atoms with Gasteiger partial charge in [-0.15, -0.1) is 0 Å². The van der Waals surface area contributed by atoms with Crippen LogP contribution < -0.4 is 5.32 Å². The van der Waals surface area contributed by atoms with Crippen molar-refractivity contribution in [3.05, 3.63) is 41.5 Å². The maximum absolute atomic E-state index is 10.9. The van der Waals surface area contributed by atoms with Gasteiger partial charge in [0.1, 0.15) is 0 Å². The zero-order chi connectivity index (χ0) is 12.0. The van der Waals surface area contributed by atoms with E-state index < -0.39 is 5.97 Å². The van der Waals surface area contributed by atoms with E-state index in [1.807, 2.05) is 6.92 Å². The number of carboxylic acid groups (broad SMARTS) is 1. The number of benzene rings is 1. The van der Waals surface area contributed by atoms with Crippen molar-refractivity contribution in [3.63, 3.8) is 0 Å². The number of aliphatic hydroxyl groups is 1. The Morgan fingerprint density at radius 1 is 1.44 bits per heavy atom. The van der Waals surface area contributed by atoms with Gasteiger partial charge in [-0.2, -0.15) is 0 Å². The molecule has 0 bridgehead atoms. The molecule has 0 unspecified atom stereocenters. The average Bonchev–Trinajstić information content (AvgIpc) is 2.27. The van der Waals surface area contributed by atoms with E-state index in [-0.39, 0.29) is 12.2 Å². The molecule has 0 aliphatic heterocycles. The van der Waals surface area contributed by atoms with E-state index in [0.29, 0.717) is 12.2 Å². The fourth-order valence-electron chi connectivity index (χ4n) is 1.29. The summed E-state index contributed by atoms with van der Waals surface area (Å²) in [6.45, 7) is 2.38. The van der Waals surface area contributed by atoms with Gasteiger partial charge in [-0.25, -0.2) is 4.79 Å². The fraction of sp³-hybridized carbons (Fsp3) is 0.250. The number of rotatable bonds is 5. The van der Waals surface area contributed by atoms with Crippen LogP contribution in [-0.2, 0) is 0 Å². The summed E-state index contributed by atoms with van der Waals surface area (Å²) < 4.78 is 0. The van der Waals surface area contributed by atoms with E-state index in [0.717, 1.165) is 5.57 Å². The second kappa shape index (κ2) is 5.92. The summed E-state index contributed by atoms with van der Waals surface area (Å²) in [5.41, 5.74) is 1.79. The zero-order valence-electron chi connectivity index (χ0n) is 9.10. The van der Waals surface area contributed by atoms with Crippen LogP contribution >= 0.6 is 0 Å². The third-order valence-electron chi connectivity index (χ3n) is 2.15. The minimum atomic E-state index is -0.952. The monoisotopic (exact) mass is 221 g/mol. The molecule has 0 aliphatic carbocycles. The normalized spacial score (nSPS) is 11.2. The van der Waals surface area contributed by atoms with Crippen LogP contribution in [0.4, 0.5) is 5.69 Å². The number of hydrogen-bond acceptors (Lipinski definition) is 3. The Morgan fingerprint density at radius 3 is 2.75 bits per heavy atom. The molecule has 0 atom stereocenters. The predicted molar refractivity (Wildman–Crippen MR) is 62.7 cm³/mol. The van der Waals surface area contributed by atoms with Crippen LogP contribution in [0.1, 0.15) is 17.3 Å². The Labute approximate surface area is 94.2 Å². The number of carbonyl (C=O) groups is 1. The molecule has 0 fully saturated rings. The molecule has 1 rings (SSSR count). The minimum Gasteiger partial charge on any atom is -0.478 e. The SMILES string of the molecule is C/C(=C\CO)CNc1ccccc1C(=O)O. The third kappa shape index (κ3) is 3.40. The van der Waals surface area contributed by atoms with E-state index in [1.54, 1.807) is 30.3 Å². The van der Waals surface area contributed by atoms with Gasteiger partial charge in [-0.1, -0.05) is 23.8 Å². The lowest BCUT2D eigenvalue weighted by Gasteiger charge is -2.09. The molecule has 0 radical (unpaired) electrons. The lowest BCUT2D eigenvalue weighted by molar-refractivity contribution is 0.0698. The van der Waals surface area contributed by atoms with E-state index in [1.165, 1.54) is 0 Å². The van der Waals surface area contributed by atoms with Gasteiger partial charge in [0, 0.05) is 12.2 Å². The van der Waals surface area contributed by atoms with Crippen molar-refractivity contribution >= 4 is 11.7 Å². The second-order valence-corrected chi connectivity index (χ2v) is 3.44. The van der Waals surface area contributed by atoms with Crippen molar-refractivity contribution in [2.45, 2.75) is 6.92 Å². The Kier molecular flexibility index (Phi) is 4.54. The Bertz CT molecular complexity index is 399. The summed E-state index contributed by atoms with van der Waals surface area (Å²) in [6, 6.07) is 6.73. The molecule has 1 aromatic rings. The van der Waals surface area contributed by atoms with Gasteiger partial charge in [0.05, 0.1) is 12.2 Å². The van der Waals surface area contributed by atoms with Gasteiger partial charge in [0.2, 0.25) is 0 Å². The molecule has 4 nitrogen and oxygen atoms in total. The van der Waals surface area contributed by atoms with Crippen LogP contribution in [0.5, 0.6) is 0 Å². The summed E-state index contributed by atoms with van der Waals surface area (Å²) in [5.74, 6) is -0.952. The fourth-order valence-corrected chi connectivity index (χ4v) is 1.29. The quantitative estimate of drug-likeness (QED) is 0.662. The first-order valence-electron chi connectivity index (χ1n) is 4.98. The lowest BCUT2D eigenvalue weighted by Crippen LogP contribution is -2.08. The largest absolute Gasteiger partial charge is 0.478 e. The minimum absolute atomic E-state index is 0.00586. The molecule has 0 heterocycles. The summed E-state index contributed by atoms with van der Waals surface area (Å²) >= 11 is 0. The summed E-state index contributed by atoms with van der Waals surface area (Å²) in [4.78, 5) is 10.9. The highest BCUT2D eigenvalue weighted by molar-refractivity contribution is 5.94. The number of aromatic carboxylic acids is 1. The molecule has 0 saturated heterocycles. The smallest absolute Gasteiger partial charge is 0.337 e. The highest BCUT2D eigenvalue weighted by Gasteiger charge is 2.07. The van der Waals surface area contributed by atoms with Crippen LogP contribution in [0.2, 0.25) is 0 Å². The van der Waals surface area contributed by atoms with Crippen LogP contribution in [-0.4, -0.2) is 29.3 Å². The lowest BCUT2D eigenvalue weighted by atomic mass is 10.1. The highest BCUT2D eigenvalue weighted by atomic mass is 16.4. The third-order valence-corrected chi connectivity index (χ3v) is 2.15. The van der Waals surface area contributed by atoms with E-state index in [9.17, 15) is 4.79 Å². The van der Waals surface area contributed by atoms with Crippen LogP contribution in [0.15, 0.2) is 35.9 Å².